The van der Waals surface area contributed by atoms with Gasteiger partial charge in [0.25, 0.3) is 0 Å². The number of carbonyl (C=O) groups excluding carboxylic acids is 11. The van der Waals surface area contributed by atoms with Crippen molar-refractivity contribution in [3.63, 3.8) is 0 Å². The summed E-state index contributed by atoms with van der Waals surface area (Å²) in [7, 11) is 0. The first-order valence-corrected chi connectivity index (χ1v) is 24.4. The number of unbranched alkanes of at least 4 members (excludes halogenated alkanes) is 2. The third kappa shape index (κ3) is 30.2. The number of nitrogens with one attached hydrogen (secondary N) is 10. The number of carbonyl (C=O) groups is 11. The van der Waals surface area contributed by atoms with Crippen molar-refractivity contribution in [2.75, 3.05) is 45.8 Å². The van der Waals surface area contributed by atoms with Gasteiger partial charge in [0.15, 0.2) is 5.96 Å². The molecule has 72 heavy (non-hydrogen) atoms. The van der Waals surface area contributed by atoms with Crippen LogP contribution in [0.15, 0.2) is 4.99 Å². The third-order valence-electron chi connectivity index (χ3n) is 10.5. The zero-order valence-electron chi connectivity index (χ0n) is 43.0. The predicted molar refractivity (Wildman–Crippen MR) is 268 cm³/mol. The summed E-state index contributed by atoms with van der Waals surface area (Å²) in [5.74, 6) is -8.56. The highest BCUT2D eigenvalue weighted by atomic mass is 16.2. The fourth-order valence-electron chi connectivity index (χ4n) is 6.82. The summed E-state index contributed by atoms with van der Waals surface area (Å²) in [5.41, 5.74) is 27.3. The Balaban J connectivity index is 5.83. The van der Waals surface area contributed by atoms with Gasteiger partial charge < -0.3 is 81.8 Å². The first kappa shape index (κ1) is 65.4. The van der Waals surface area contributed by atoms with Crippen molar-refractivity contribution in [1.82, 2.24) is 53.2 Å². The van der Waals surface area contributed by atoms with Gasteiger partial charge in [-0.2, -0.15) is 0 Å². The van der Waals surface area contributed by atoms with E-state index in [0.717, 1.165) is 0 Å². The Hall–Kier alpha value is -6.64. The standard InChI is InChI=1S/C45H84N16O11/c1-25(2)19-32(40(68)53-22-35(64)56-29(39(48)67)13-8-10-16-46)59-37(66)23-54-41(69)33(20-26(3)4)60-42(70)30(14-9-11-17-47)57-36(65)24-55-44(72)38(27(5)6)61-43(71)31(15-12-18-51-45(49)50)58-34(63)21-52-28(7)62/h25-27,29-33,38H,8-24,46-47H2,1-7H3,(H2,48,67)(H,52,62)(H,53,68)(H,54,69)(H,55,72)(H,56,64)(H,57,65)(H,58,63)(H,59,66)(H,60,70)(H,61,71)(H4,49,50,51)/t29-,30-,31-,32-,33-,38-/m0/s1. The van der Waals surface area contributed by atoms with Crippen LogP contribution >= 0.6 is 0 Å². The molecule has 6 atom stereocenters. The molecule has 27 nitrogen and oxygen atoms in total. The van der Waals surface area contributed by atoms with E-state index in [1.54, 1.807) is 27.7 Å². The molecule has 0 aliphatic rings. The fourth-order valence-corrected chi connectivity index (χ4v) is 6.82. The van der Waals surface area contributed by atoms with Crippen LogP contribution < -0.4 is 81.8 Å². The minimum Gasteiger partial charge on any atom is -0.370 e. The number of guanidine groups is 1. The molecule has 0 spiro atoms. The Bertz CT molecular complexity index is 1830. The largest absolute Gasteiger partial charge is 0.370 e. The molecule has 0 unspecified atom stereocenters. The molecule has 0 aliphatic carbocycles. The Kier molecular flexibility index (Phi) is 33.0. The van der Waals surface area contributed by atoms with Crippen molar-refractivity contribution >= 4 is 70.9 Å². The molecule has 0 saturated heterocycles. The van der Waals surface area contributed by atoms with E-state index in [-0.39, 0.29) is 62.9 Å². The van der Waals surface area contributed by atoms with E-state index in [2.05, 4.69) is 58.2 Å². The average Bonchev–Trinajstić information content (AvgIpc) is 3.29. The molecule has 27 heteroatoms. The number of aliphatic imine (C=N–C) groups is 1. The van der Waals surface area contributed by atoms with Crippen molar-refractivity contribution in [3.8, 4) is 0 Å². The highest BCUT2D eigenvalue weighted by Gasteiger charge is 2.31. The summed E-state index contributed by atoms with van der Waals surface area (Å²) in [4.78, 5) is 146. The molecule has 0 aromatic heterocycles. The molecule has 0 saturated carbocycles. The first-order valence-electron chi connectivity index (χ1n) is 24.4. The minimum absolute atomic E-state index is 0.0647. The number of hydrogen-bond acceptors (Lipinski definition) is 14. The molecule has 0 bridgehead atoms. The van der Waals surface area contributed by atoms with Crippen molar-refractivity contribution in [2.24, 2.45) is 51.4 Å². The summed E-state index contributed by atoms with van der Waals surface area (Å²) < 4.78 is 0. The zero-order chi connectivity index (χ0) is 54.9. The maximum atomic E-state index is 13.8. The smallest absolute Gasteiger partial charge is 0.243 e. The van der Waals surface area contributed by atoms with E-state index in [1.807, 2.05) is 13.8 Å². The Labute approximate surface area is 422 Å². The van der Waals surface area contributed by atoms with Crippen LogP contribution in [0.1, 0.15) is 113 Å². The summed E-state index contributed by atoms with van der Waals surface area (Å²) >= 11 is 0. The van der Waals surface area contributed by atoms with Crippen LogP contribution in [0.5, 0.6) is 0 Å². The van der Waals surface area contributed by atoms with Gasteiger partial charge in [-0.25, -0.2) is 0 Å². The van der Waals surface area contributed by atoms with Gasteiger partial charge in [0.1, 0.15) is 36.3 Å². The fraction of sp³-hybridized carbons (Fsp3) is 0.733. The van der Waals surface area contributed by atoms with Gasteiger partial charge in [0, 0.05) is 13.5 Å². The predicted octanol–water partition coefficient (Wildman–Crippen LogP) is -5.08. The molecule has 0 radical (unpaired) electrons. The zero-order valence-corrected chi connectivity index (χ0v) is 43.0. The lowest BCUT2D eigenvalue weighted by Crippen LogP contribution is -2.58. The van der Waals surface area contributed by atoms with Gasteiger partial charge in [-0.1, -0.05) is 41.5 Å². The summed E-state index contributed by atoms with van der Waals surface area (Å²) in [5, 5.41) is 25.2. The van der Waals surface area contributed by atoms with Gasteiger partial charge in [-0.3, -0.25) is 57.7 Å². The summed E-state index contributed by atoms with van der Waals surface area (Å²) in [6.07, 6.45) is 3.07. The Morgan fingerprint density at radius 3 is 1.21 bits per heavy atom. The molecule has 11 amide bonds. The number of rotatable bonds is 37. The van der Waals surface area contributed by atoms with Crippen LogP contribution in [0.4, 0.5) is 0 Å². The van der Waals surface area contributed by atoms with Gasteiger partial charge in [-0.15, -0.1) is 0 Å². The monoisotopic (exact) mass is 1020 g/mol. The van der Waals surface area contributed by atoms with Crippen LogP contribution in [-0.4, -0.2) is 153 Å². The molecule has 0 aromatic rings. The summed E-state index contributed by atoms with van der Waals surface area (Å²) in [6, 6.07) is -6.76. The van der Waals surface area contributed by atoms with Crippen LogP contribution in [0.2, 0.25) is 0 Å². The SMILES string of the molecule is CC(=O)NCC(=O)N[C@@H](CCCN=C(N)N)C(=O)N[C@H](C(=O)NCC(=O)N[C@@H](CCCCN)C(=O)N[C@@H](CC(C)C)C(=O)NCC(=O)N[C@@H](CC(C)C)C(=O)NCC(=O)N[C@@H](CCCCN)C(N)=O)C(C)C. The van der Waals surface area contributed by atoms with E-state index in [4.69, 9.17) is 28.7 Å². The second-order valence-electron chi connectivity index (χ2n) is 18.5. The first-order chi connectivity index (χ1) is 33.8. The van der Waals surface area contributed by atoms with Crippen molar-refractivity contribution in [2.45, 2.75) is 149 Å². The maximum absolute atomic E-state index is 13.8. The van der Waals surface area contributed by atoms with Crippen LogP contribution in [0.25, 0.3) is 0 Å². The molecular weight excluding hydrogens is 941 g/mol. The number of amides is 11. The van der Waals surface area contributed by atoms with Crippen LogP contribution in [-0.2, 0) is 52.7 Å². The topological polar surface area (TPSA) is 451 Å². The summed E-state index contributed by atoms with van der Waals surface area (Å²) in [6.45, 7) is 10.5. The van der Waals surface area contributed by atoms with Gasteiger partial charge in [0.05, 0.1) is 26.2 Å². The lowest BCUT2D eigenvalue weighted by molar-refractivity contribution is -0.134. The van der Waals surface area contributed by atoms with E-state index < -0.39 is 133 Å². The number of primary amides is 1. The molecule has 0 fully saturated rings. The van der Waals surface area contributed by atoms with E-state index in [0.29, 0.717) is 38.8 Å². The quantitative estimate of drug-likeness (QED) is 0.0157. The van der Waals surface area contributed by atoms with Gasteiger partial charge >= 0.3 is 0 Å². The Morgan fingerprint density at radius 1 is 0.431 bits per heavy atom. The highest BCUT2D eigenvalue weighted by Crippen LogP contribution is 2.10. The van der Waals surface area contributed by atoms with Gasteiger partial charge in [-0.05, 0) is 95.1 Å². The van der Waals surface area contributed by atoms with Crippen molar-refractivity contribution < 1.29 is 52.7 Å². The normalized spacial score (nSPS) is 13.4. The molecule has 0 rings (SSSR count). The second kappa shape index (κ2) is 36.3. The van der Waals surface area contributed by atoms with E-state index in [9.17, 15) is 52.7 Å². The lowest BCUT2D eigenvalue weighted by Gasteiger charge is -2.26. The molecule has 20 N–H and O–H groups in total. The van der Waals surface area contributed by atoms with E-state index in [1.165, 1.54) is 6.92 Å². The average molecular weight is 1030 g/mol. The lowest BCUT2D eigenvalue weighted by atomic mass is 10.0. The van der Waals surface area contributed by atoms with Crippen LogP contribution in [0.3, 0.4) is 0 Å². The van der Waals surface area contributed by atoms with E-state index >= 15 is 0 Å². The maximum Gasteiger partial charge on any atom is 0.243 e. The highest BCUT2D eigenvalue weighted by molar-refractivity contribution is 5.97. The third-order valence-corrected chi connectivity index (χ3v) is 10.5. The minimum atomic E-state index is -1.19. The van der Waals surface area contributed by atoms with Gasteiger partial charge in [0.2, 0.25) is 65.0 Å². The molecule has 0 aliphatic heterocycles. The molecule has 0 aromatic carbocycles. The number of nitrogens with zero attached hydrogens (tertiary/aromatic N) is 1. The van der Waals surface area contributed by atoms with Crippen molar-refractivity contribution in [3.05, 3.63) is 0 Å². The number of nitrogens with two attached hydrogens (primary N) is 5. The second-order valence-corrected chi connectivity index (χ2v) is 18.5. The van der Waals surface area contributed by atoms with Crippen LogP contribution in [0, 0.1) is 17.8 Å². The molecular formula is C45H84N16O11. The Morgan fingerprint density at radius 2 is 0.806 bits per heavy atom. The number of hydrogen-bond donors (Lipinski definition) is 15. The molecule has 410 valence electrons. The van der Waals surface area contributed by atoms with Crippen molar-refractivity contribution in [1.29, 1.82) is 0 Å². The molecule has 0 heterocycles.